The third kappa shape index (κ3) is 6.42. The van der Waals surface area contributed by atoms with Gasteiger partial charge in [0, 0.05) is 5.56 Å². The molecule has 0 aliphatic carbocycles. The Bertz CT molecular complexity index is 881. The summed E-state index contributed by atoms with van der Waals surface area (Å²) in [5.41, 5.74) is 16.7. The number of amides is 3. The summed E-state index contributed by atoms with van der Waals surface area (Å²) in [6.45, 7) is 0. The highest BCUT2D eigenvalue weighted by molar-refractivity contribution is 6.04. The Morgan fingerprint density at radius 3 is 2.39 bits per heavy atom. The monoisotopic (exact) mass is 384 g/mol. The average Bonchev–Trinajstić information content (AvgIpc) is 2.65. The van der Waals surface area contributed by atoms with Crippen LogP contribution in [0.1, 0.15) is 28.4 Å². The van der Waals surface area contributed by atoms with Crippen LogP contribution in [0.25, 0.3) is 0 Å². The largest absolute Gasteiger partial charge is 0.481 e. The lowest BCUT2D eigenvalue weighted by Crippen LogP contribution is -2.48. The van der Waals surface area contributed by atoms with Gasteiger partial charge in [0.05, 0.1) is 18.2 Å². The molecule has 0 aliphatic rings. The van der Waals surface area contributed by atoms with Crippen molar-refractivity contribution in [2.75, 3.05) is 0 Å². The van der Waals surface area contributed by atoms with Crippen molar-refractivity contribution in [1.29, 1.82) is 0 Å². The summed E-state index contributed by atoms with van der Waals surface area (Å²) in [6.07, 6.45) is -0.265. The molecule has 10 nitrogen and oxygen atoms in total. The molecule has 146 valence electrons. The molecule has 0 saturated heterocycles. The van der Waals surface area contributed by atoms with Crippen molar-refractivity contribution >= 4 is 29.6 Å². The maximum absolute atomic E-state index is 12.2. The van der Waals surface area contributed by atoms with E-state index >= 15 is 0 Å². The van der Waals surface area contributed by atoms with E-state index in [-0.39, 0.29) is 17.9 Å². The van der Waals surface area contributed by atoms with E-state index in [0.29, 0.717) is 11.3 Å². The first-order valence-corrected chi connectivity index (χ1v) is 8.18. The number of nitrogens with two attached hydrogens (primary N) is 2. The van der Waals surface area contributed by atoms with E-state index in [4.69, 9.17) is 16.6 Å². The molecular weight excluding hydrogens is 364 g/mol. The Labute approximate surface area is 160 Å². The number of carboxylic acids is 1. The summed E-state index contributed by atoms with van der Waals surface area (Å²) in [4.78, 5) is 39.0. The molecule has 0 radical (unpaired) electrons. The Kier molecular flexibility index (Phi) is 7.06. The van der Waals surface area contributed by atoms with Crippen LogP contribution in [0.2, 0.25) is 0 Å². The molecule has 2 rings (SSSR count). The molecule has 10 heteroatoms. The van der Waals surface area contributed by atoms with E-state index in [1.165, 1.54) is 12.1 Å². The molecule has 1 unspecified atom stereocenters. The summed E-state index contributed by atoms with van der Waals surface area (Å²) in [7, 11) is 0. The molecule has 28 heavy (non-hydrogen) atoms. The first kappa shape index (κ1) is 20.4. The maximum Gasteiger partial charge on any atom is 0.336 e. The van der Waals surface area contributed by atoms with Crippen LogP contribution in [0.4, 0.5) is 10.5 Å². The lowest BCUT2D eigenvalue weighted by molar-refractivity contribution is -0.137. The van der Waals surface area contributed by atoms with Gasteiger partial charge in [0.2, 0.25) is 0 Å². The summed E-state index contributed by atoms with van der Waals surface area (Å²) in [5.74, 6) is -1.89. The number of hydrogen-bond acceptors (Lipinski definition) is 5. The van der Waals surface area contributed by atoms with Crippen LogP contribution in [0, 0.1) is 0 Å². The molecule has 0 bridgehead atoms. The Morgan fingerprint density at radius 1 is 1.04 bits per heavy atom. The number of urea groups is 1. The van der Waals surface area contributed by atoms with Gasteiger partial charge in [0.15, 0.2) is 5.96 Å². The zero-order valence-electron chi connectivity index (χ0n) is 14.8. The second-order valence-electron chi connectivity index (χ2n) is 5.70. The number of carbonyl (C=O) groups is 3. The second-order valence-corrected chi connectivity index (χ2v) is 5.70. The van der Waals surface area contributed by atoms with Gasteiger partial charge < -0.3 is 16.6 Å². The van der Waals surface area contributed by atoms with Gasteiger partial charge in [0.1, 0.15) is 0 Å². The van der Waals surface area contributed by atoms with Crippen LogP contribution in [0.15, 0.2) is 59.6 Å². The van der Waals surface area contributed by atoms with Gasteiger partial charge in [-0.25, -0.2) is 15.2 Å². The number of nitrogens with one attached hydrogen (secondary N) is 3. The molecule has 0 aliphatic heterocycles. The van der Waals surface area contributed by atoms with Gasteiger partial charge in [-0.05, 0) is 23.8 Å². The van der Waals surface area contributed by atoms with Crippen molar-refractivity contribution in [3.8, 4) is 0 Å². The van der Waals surface area contributed by atoms with Crippen LogP contribution >= 0.6 is 0 Å². The Hall–Kier alpha value is -3.92. The number of aliphatic imine (C=N–C) groups is 1. The molecule has 0 fully saturated rings. The van der Waals surface area contributed by atoms with Gasteiger partial charge >= 0.3 is 12.0 Å². The molecule has 3 amide bonds. The highest BCUT2D eigenvalue weighted by Crippen LogP contribution is 2.16. The fraction of sp³-hybridized carbons (Fsp3) is 0.111. The number of hydrazine groups is 1. The smallest absolute Gasteiger partial charge is 0.336 e. The molecule has 8 N–H and O–H groups in total. The fourth-order valence-corrected chi connectivity index (χ4v) is 2.34. The molecular formula is C18H20N6O4. The van der Waals surface area contributed by atoms with Crippen LogP contribution in [-0.2, 0) is 4.79 Å². The van der Waals surface area contributed by atoms with Gasteiger partial charge in [-0.15, -0.1) is 0 Å². The van der Waals surface area contributed by atoms with Crippen molar-refractivity contribution in [3.05, 3.63) is 65.7 Å². The van der Waals surface area contributed by atoms with Gasteiger partial charge in [0.25, 0.3) is 5.91 Å². The number of nitrogens with zero attached hydrogens (tertiary/aromatic N) is 1. The van der Waals surface area contributed by atoms with E-state index in [0.717, 1.165) is 0 Å². The predicted octanol–water partition coefficient (Wildman–Crippen LogP) is 0.752. The van der Waals surface area contributed by atoms with E-state index in [9.17, 15) is 14.4 Å². The average molecular weight is 384 g/mol. The Morgan fingerprint density at radius 2 is 1.75 bits per heavy atom. The van der Waals surface area contributed by atoms with E-state index in [1.54, 1.807) is 42.5 Å². The van der Waals surface area contributed by atoms with Crippen molar-refractivity contribution in [1.82, 2.24) is 16.2 Å². The quantitative estimate of drug-likeness (QED) is 0.232. The number of rotatable bonds is 7. The first-order chi connectivity index (χ1) is 13.3. The summed E-state index contributed by atoms with van der Waals surface area (Å²) < 4.78 is 0. The van der Waals surface area contributed by atoms with Crippen molar-refractivity contribution in [2.45, 2.75) is 12.5 Å². The lowest BCUT2D eigenvalue weighted by atomic mass is 10.0. The molecule has 0 saturated carbocycles. The topological polar surface area (TPSA) is 172 Å². The normalized spacial score (nSPS) is 11.1. The minimum atomic E-state index is -1.05. The highest BCUT2D eigenvalue weighted by Gasteiger charge is 2.17. The zero-order chi connectivity index (χ0) is 20.5. The molecule has 0 spiro atoms. The third-order valence-corrected chi connectivity index (χ3v) is 3.53. The minimum absolute atomic E-state index is 0.162. The van der Waals surface area contributed by atoms with Crippen LogP contribution in [0.3, 0.4) is 0 Å². The lowest BCUT2D eigenvalue weighted by Gasteiger charge is -2.18. The van der Waals surface area contributed by atoms with Crippen LogP contribution < -0.4 is 27.6 Å². The second kappa shape index (κ2) is 9.69. The molecule has 0 heterocycles. The van der Waals surface area contributed by atoms with Crippen molar-refractivity contribution in [2.24, 2.45) is 16.5 Å². The minimum Gasteiger partial charge on any atom is -0.481 e. The number of benzene rings is 2. The number of carboxylic acid groups (broad SMARTS) is 1. The maximum atomic E-state index is 12.2. The van der Waals surface area contributed by atoms with E-state index in [1.807, 2.05) is 0 Å². The number of carbonyl (C=O) groups excluding carboxylic acids is 2. The number of imide groups is 1. The summed E-state index contributed by atoms with van der Waals surface area (Å²) in [5, 5.41) is 11.2. The fourth-order valence-electron chi connectivity index (χ4n) is 2.34. The molecule has 2 aromatic carbocycles. The van der Waals surface area contributed by atoms with Crippen LogP contribution in [0.5, 0.6) is 0 Å². The summed E-state index contributed by atoms with van der Waals surface area (Å²) in [6, 6.07) is 13.3. The predicted molar refractivity (Wildman–Crippen MR) is 102 cm³/mol. The van der Waals surface area contributed by atoms with Crippen LogP contribution in [-0.4, -0.2) is 29.0 Å². The molecule has 1 atom stereocenters. The number of hydrogen-bond donors (Lipinski definition) is 6. The third-order valence-electron chi connectivity index (χ3n) is 3.53. The number of aliphatic carboxylic acids is 1. The van der Waals surface area contributed by atoms with E-state index < -0.39 is 23.9 Å². The summed E-state index contributed by atoms with van der Waals surface area (Å²) >= 11 is 0. The molecule has 2 aromatic rings. The van der Waals surface area contributed by atoms with E-state index in [2.05, 4.69) is 21.2 Å². The van der Waals surface area contributed by atoms with Gasteiger partial charge in [-0.2, -0.15) is 0 Å². The SMILES string of the molecule is NC(N)=Nc1cccc(C(=O)NC(=O)NNC(CC(=O)O)c2ccccc2)c1. The van der Waals surface area contributed by atoms with Gasteiger partial charge in [-0.3, -0.25) is 20.3 Å². The highest BCUT2D eigenvalue weighted by atomic mass is 16.4. The van der Waals surface area contributed by atoms with Crippen molar-refractivity contribution < 1.29 is 19.5 Å². The first-order valence-electron chi connectivity index (χ1n) is 8.18. The standard InChI is InChI=1S/C18H20N6O4/c19-17(20)21-13-8-4-7-12(9-13)16(27)22-18(28)24-23-14(10-15(25)26)11-5-2-1-3-6-11/h1-9,14,23H,10H2,(H,25,26)(H4,19,20,21)(H2,22,24,27,28). The van der Waals surface area contributed by atoms with Crippen molar-refractivity contribution in [3.63, 3.8) is 0 Å². The zero-order valence-corrected chi connectivity index (χ0v) is 14.8. The van der Waals surface area contributed by atoms with Gasteiger partial charge in [-0.1, -0.05) is 36.4 Å². The number of guanidine groups is 1. The molecule has 0 aromatic heterocycles. The Balaban J connectivity index is 1.98.